The van der Waals surface area contributed by atoms with Gasteiger partial charge in [-0.05, 0) is 115 Å². The standard InChI is InChI=1S/C50H33N/c1-3-9-34(10-4-1)45-25-27-47-48-32-44(26-28-49(48)51(50(47)33-45)46-13-5-2-6-14-46)37-17-15-36(16-18-37)39-21-22-42-31-43(24-23-41(42)30-39)40-20-19-35-11-7-8-12-38(35)29-40/h1-33H. The van der Waals surface area contributed by atoms with Crippen LogP contribution in [0, 0.1) is 0 Å². The lowest BCUT2D eigenvalue weighted by Gasteiger charge is -2.10. The zero-order valence-electron chi connectivity index (χ0n) is 28.0. The van der Waals surface area contributed by atoms with Crippen LogP contribution in [0.2, 0.25) is 0 Å². The lowest BCUT2D eigenvalue weighted by molar-refractivity contribution is 1.18. The van der Waals surface area contributed by atoms with Crippen molar-refractivity contribution in [2.24, 2.45) is 0 Å². The van der Waals surface area contributed by atoms with Crippen LogP contribution in [-0.4, -0.2) is 4.57 Å². The number of benzene rings is 9. The van der Waals surface area contributed by atoms with Crippen LogP contribution < -0.4 is 0 Å². The zero-order valence-corrected chi connectivity index (χ0v) is 28.0. The summed E-state index contributed by atoms with van der Waals surface area (Å²) in [6.07, 6.45) is 0. The quantitative estimate of drug-likeness (QED) is 0.175. The van der Waals surface area contributed by atoms with Gasteiger partial charge in [-0.15, -0.1) is 0 Å². The molecule has 51 heavy (non-hydrogen) atoms. The molecule has 0 atom stereocenters. The second-order valence-electron chi connectivity index (χ2n) is 13.4. The number of para-hydroxylation sites is 1. The molecular weight excluding hydrogens is 615 g/mol. The van der Waals surface area contributed by atoms with E-state index in [0.717, 1.165) is 0 Å². The van der Waals surface area contributed by atoms with Crippen molar-refractivity contribution in [3.05, 3.63) is 200 Å². The van der Waals surface area contributed by atoms with E-state index in [9.17, 15) is 0 Å². The summed E-state index contributed by atoms with van der Waals surface area (Å²) < 4.78 is 2.40. The second kappa shape index (κ2) is 12.0. The Kier molecular flexibility index (Phi) is 6.89. The van der Waals surface area contributed by atoms with Crippen LogP contribution in [-0.2, 0) is 0 Å². The average Bonchev–Trinajstić information content (AvgIpc) is 3.54. The highest BCUT2D eigenvalue weighted by Crippen LogP contribution is 2.38. The molecule has 0 aliphatic carbocycles. The van der Waals surface area contributed by atoms with Crippen LogP contribution in [0.5, 0.6) is 0 Å². The molecule has 0 radical (unpaired) electrons. The number of rotatable bonds is 5. The fourth-order valence-electron chi connectivity index (χ4n) is 7.69. The van der Waals surface area contributed by atoms with Crippen molar-refractivity contribution < 1.29 is 0 Å². The first kappa shape index (κ1) is 29.2. The van der Waals surface area contributed by atoms with Crippen molar-refractivity contribution in [2.45, 2.75) is 0 Å². The van der Waals surface area contributed by atoms with Crippen molar-refractivity contribution >= 4 is 43.4 Å². The van der Waals surface area contributed by atoms with Gasteiger partial charge in [0, 0.05) is 16.5 Å². The minimum absolute atomic E-state index is 1.17. The third-order valence-electron chi connectivity index (χ3n) is 10.4. The molecule has 0 bridgehead atoms. The lowest BCUT2D eigenvalue weighted by atomic mass is 9.95. The van der Waals surface area contributed by atoms with Crippen LogP contribution in [0.4, 0.5) is 0 Å². The topological polar surface area (TPSA) is 4.93 Å². The van der Waals surface area contributed by atoms with Gasteiger partial charge < -0.3 is 4.57 Å². The molecule has 1 heterocycles. The molecule has 0 saturated heterocycles. The highest BCUT2D eigenvalue weighted by molar-refractivity contribution is 6.11. The Labute approximate surface area is 297 Å². The van der Waals surface area contributed by atoms with E-state index in [-0.39, 0.29) is 0 Å². The van der Waals surface area contributed by atoms with E-state index >= 15 is 0 Å². The Morgan fingerprint density at radius 1 is 0.235 bits per heavy atom. The molecule has 0 saturated carbocycles. The molecule has 1 heteroatoms. The summed E-state index contributed by atoms with van der Waals surface area (Å²) in [4.78, 5) is 0. The highest BCUT2D eigenvalue weighted by atomic mass is 15.0. The maximum absolute atomic E-state index is 2.40. The van der Waals surface area contributed by atoms with Crippen molar-refractivity contribution in [1.29, 1.82) is 0 Å². The monoisotopic (exact) mass is 647 g/mol. The molecule has 10 aromatic rings. The Morgan fingerprint density at radius 2 is 0.667 bits per heavy atom. The molecule has 1 aromatic heterocycles. The fourth-order valence-corrected chi connectivity index (χ4v) is 7.69. The van der Waals surface area contributed by atoms with Gasteiger partial charge in [-0.2, -0.15) is 0 Å². The van der Waals surface area contributed by atoms with Crippen LogP contribution in [0.1, 0.15) is 0 Å². The van der Waals surface area contributed by atoms with Crippen molar-refractivity contribution in [3.63, 3.8) is 0 Å². The lowest BCUT2D eigenvalue weighted by Crippen LogP contribution is -1.93. The normalized spacial score (nSPS) is 11.5. The van der Waals surface area contributed by atoms with Crippen LogP contribution in [0.25, 0.3) is 93.5 Å². The van der Waals surface area contributed by atoms with E-state index in [1.165, 1.54) is 93.5 Å². The summed E-state index contributed by atoms with van der Waals surface area (Å²) in [5, 5.41) is 7.55. The van der Waals surface area contributed by atoms with E-state index in [2.05, 4.69) is 205 Å². The summed E-state index contributed by atoms with van der Waals surface area (Å²) in [6.45, 7) is 0. The van der Waals surface area contributed by atoms with Gasteiger partial charge in [-0.1, -0.05) is 152 Å². The summed E-state index contributed by atoms with van der Waals surface area (Å²) in [6, 6.07) is 73.0. The molecule has 1 nitrogen and oxygen atoms in total. The highest BCUT2D eigenvalue weighted by Gasteiger charge is 2.15. The van der Waals surface area contributed by atoms with Gasteiger partial charge in [0.15, 0.2) is 0 Å². The summed E-state index contributed by atoms with van der Waals surface area (Å²) in [7, 11) is 0. The van der Waals surface area contributed by atoms with E-state index in [0.29, 0.717) is 0 Å². The number of aromatic nitrogens is 1. The van der Waals surface area contributed by atoms with Crippen molar-refractivity contribution in [1.82, 2.24) is 4.57 Å². The minimum atomic E-state index is 1.17. The van der Waals surface area contributed by atoms with E-state index in [1.807, 2.05) is 0 Å². The maximum atomic E-state index is 2.40. The maximum Gasteiger partial charge on any atom is 0.0547 e. The Hall–Kier alpha value is -6.70. The SMILES string of the molecule is c1ccc(-c2ccc3c4cc(-c5ccc(-c6ccc7cc(-c8ccc9ccccc9c8)ccc7c6)cc5)ccc4n(-c4ccccc4)c3c2)cc1. The molecular formula is C50H33N. The first-order chi connectivity index (χ1) is 25.2. The minimum Gasteiger partial charge on any atom is -0.309 e. The van der Waals surface area contributed by atoms with Gasteiger partial charge in [-0.3, -0.25) is 0 Å². The van der Waals surface area contributed by atoms with Gasteiger partial charge >= 0.3 is 0 Å². The van der Waals surface area contributed by atoms with Crippen LogP contribution in [0.15, 0.2) is 200 Å². The van der Waals surface area contributed by atoms with Gasteiger partial charge in [0.2, 0.25) is 0 Å². The summed E-state index contributed by atoms with van der Waals surface area (Å²) in [5.74, 6) is 0. The van der Waals surface area contributed by atoms with Gasteiger partial charge in [0.05, 0.1) is 11.0 Å². The van der Waals surface area contributed by atoms with Crippen molar-refractivity contribution in [3.8, 4) is 50.2 Å². The molecule has 0 spiro atoms. The molecule has 0 unspecified atom stereocenters. The first-order valence-corrected chi connectivity index (χ1v) is 17.6. The van der Waals surface area contributed by atoms with E-state index in [1.54, 1.807) is 0 Å². The average molecular weight is 648 g/mol. The van der Waals surface area contributed by atoms with Crippen LogP contribution >= 0.6 is 0 Å². The Bertz CT molecular complexity index is 2880. The Balaban J connectivity index is 0.991. The van der Waals surface area contributed by atoms with Crippen molar-refractivity contribution in [2.75, 3.05) is 0 Å². The predicted octanol–water partition coefficient (Wildman–Crippen LogP) is 13.8. The molecule has 0 N–H and O–H groups in total. The van der Waals surface area contributed by atoms with E-state index < -0.39 is 0 Å². The summed E-state index contributed by atoms with van der Waals surface area (Å²) in [5.41, 5.74) is 13.4. The zero-order chi connectivity index (χ0) is 33.7. The number of fused-ring (bicyclic) bond motifs is 5. The molecule has 0 fully saturated rings. The second-order valence-corrected chi connectivity index (χ2v) is 13.4. The predicted molar refractivity (Wildman–Crippen MR) is 218 cm³/mol. The third-order valence-corrected chi connectivity index (χ3v) is 10.4. The fraction of sp³-hybridized carbons (Fsp3) is 0. The van der Waals surface area contributed by atoms with Gasteiger partial charge in [0.1, 0.15) is 0 Å². The summed E-state index contributed by atoms with van der Waals surface area (Å²) >= 11 is 0. The smallest absolute Gasteiger partial charge is 0.0547 e. The van der Waals surface area contributed by atoms with Crippen LogP contribution in [0.3, 0.4) is 0 Å². The van der Waals surface area contributed by atoms with Gasteiger partial charge in [-0.25, -0.2) is 0 Å². The van der Waals surface area contributed by atoms with Gasteiger partial charge in [0.25, 0.3) is 0 Å². The van der Waals surface area contributed by atoms with E-state index in [4.69, 9.17) is 0 Å². The number of nitrogens with zero attached hydrogens (tertiary/aromatic N) is 1. The number of hydrogen-bond donors (Lipinski definition) is 0. The third kappa shape index (κ3) is 5.19. The molecule has 10 rings (SSSR count). The molecule has 0 amide bonds. The number of hydrogen-bond acceptors (Lipinski definition) is 0. The molecule has 0 aliphatic rings. The molecule has 9 aromatic carbocycles. The molecule has 238 valence electrons. The first-order valence-electron chi connectivity index (χ1n) is 17.6. The largest absolute Gasteiger partial charge is 0.309 e. The molecule has 0 aliphatic heterocycles. The Morgan fingerprint density at radius 3 is 1.33 bits per heavy atom.